The first kappa shape index (κ1) is 25.5. The lowest BCUT2D eigenvalue weighted by Gasteiger charge is -2.40. The minimum atomic E-state index is -0.623. The van der Waals surface area contributed by atoms with Crippen LogP contribution in [0.25, 0.3) is 0 Å². The van der Waals surface area contributed by atoms with Gasteiger partial charge in [0.15, 0.2) is 0 Å². The van der Waals surface area contributed by atoms with Crippen LogP contribution in [0.4, 0.5) is 9.18 Å². The molecule has 2 heterocycles. The molecule has 1 atom stereocenters. The van der Waals surface area contributed by atoms with E-state index in [-0.39, 0.29) is 24.5 Å². The van der Waals surface area contributed by atoms with Crippen LogP contribution in [0.15, 0.2) is 18.2 Å². The highest BCUT2D eigenvalue weighted by molar-refractivity contribution is 6.62. The smallest absolute Gasteiger partial charge is 0.444 e. The van der Waals surface area contributed by atoms with Crippen molar-refractivity contribution in [3.05, 3.63) is 29.6 Å². The van der Waals surface area contributed by atoms with Crippen molar-refractivity contribution in [3.63, 3.8) is 0 Å². The minimum Gasteiger partial charge on any atom is -0.444 e. The summed E-state index contributed by atoms with van der Waals surface area (Å²) < 4.78 is 32.1. The van der Waals surface area contributed by atoms with Crippen LogP contribution in [0.5, 0.6) is 0 Å². The van der Waals surface area contributed by atoms with Crippen LogP contribution in [0, 0.1) is 5.82 Å². The van der Waals surface area contributed by atoms with E-state index in [1.54, 1.807) is 21.9 Å². The van der Waals surface area contributed by atoms with Gasteiger partial charge in [0.1, 0.15) is 11.4 Å². The Morgan fingerprint density at radius 2 is 1.76 bits per heavy atom. The molecular formula is C24H36BFN2O5. The van der Waals surface area contributed by atoms with Crippen molar-refractivity contribution < 1.29 is 28.0 Å². The lowest BCUT2D eigenvalue weighted by atomic mass is 9.78. The molecule has 2 amide bonds. The van der Waals surface area contributed by atoms with Gasteiger partial charge in [-0.2, -0.15) is 0 Å². The van der Waals surface area contributed by atoms with Gasteiger partial charge in [0, 0.05) is 25.7 Å². The largest absolute Gasteiger partial charge is 0.494 e. The summed E-state index contributed by atoms with van der Waals surface area (Å²) >= 11 is 0. The van der Waals surface area contributed by atoms with Crippen LogP contribution in [0.3, 0.4) is 0 Å². The number of hydrogen-bond donors (Lipinski definition) is 0. The number of hydrogen-bond acceptors (Lipinski definition) is 5. The highest BCUT2D eigenvalue weighted by Gasteiger charge is 2.51. The number of halogens is 1. The van der Waals surface area contributed by atoms with Crippen molar-refractivity contribution in [2.75, 3.05) is 19.6 Å². The summed E-state index contributed by atoms with van der Waals surface area (Å²) in [6.45, 7) is 16.3. The molecule has 0 unspecified atom stereocenters. The van der Waals surface area contributed by atoms with Crippen molar-refractivity contribution >= 4 is 24.6 Å². The number of ether oxygens (including phenoxy) is 1. The number of carbonyl (C=O) groups excluding carboxylic acids is 2. The van der Waals surface area contributed by atoms with Crippen LogP contribution in [0.1, 0.15) is 61.0 Å². The van der Waals surface area contributed by atoms with Crippen molar-refractivity contribution in [3.8, 4) is 0 Å². The molecule has 2 aliphatic rings. The van der Waals surface area contributed by atoms with Gasteiger partial charge in [-0.15, -0.1) is 0 Å². The summed E-state index contributed by atoms with van der Waals surface area (Å²) in [5, 5.41) is 0. The fourth-order valence-corrected chi connectivity index (χ4v) is 3.91. The molecule has 182 valence electrons. The molecule has 0 spiro atoms. The highest BCUT2D eigenvalue weighted by Crippen LogP contribution is 2.36. The van der Waals surface area contributed by atoms with Crippen LogP contribution in [-0.4, -0.2) is 71.4 Å². The van der Waals surface area contributed by atoms with Crippen LogP contribution in [0.2, 0.25) is 0 Å². The van der Waals surface area contributed by atoms with E-state index in [0.29, 0.717) is 30.7 Å². The zero-order valence-corrected chi connectivity index (χ0v) is 21.0. The number of piperazine rings is 1. The Balaban J connectivity index is 1.65. The van der Waals surface area contributed by atoms with E-state index in [4.69, 9.17) is 14.0 Å². The van der Waals surface area contributed by atoms with E-state index >= 15 is 0 Å². The van der Waals surface area contributed by atoms with Crippen molar-refractivity contribution in [2.24, 2.45) is 0 Å². The van der Waals surface area contributed by atoms with Gasteiger partial charge in [-0.25, -0.2) is 9.18 Å². The molecule has 3 rings (SSSR count). The maximum absolute atomic E-state index is 14.6. The summed E-state index contributed by atoms with van der Waals surface area (Å²) in [5.74, 6) is -0.625. The molecule has 0 radical (unpaired) electrons. The molecule has 1 aromatic rings. The highest BCUT2D eigenvalue weighted by atomic mass is 19.1. The molecule has 0 bridgehead atoms. The Bertz CT molecular complexity index is 899. The van der Waals surface area contributed by atoms with E-state index in [2.05, 4.69) is 0 Å². The Labute approximate surface area is 196 Å². The molecule has 0 aliphatic carbocycles. The maximum atomic E-state index is 14.6. The fraction of sp³-hybridized carbons (Fsp3) is 0.667. The summed E-state index contributed by atoms with van der Waals surface area (Å²) in [7, 11) is -0.623. The summed E-state index contributed by atoms with van der Waals surface area (Å²) in [6, 6.07) is 4.44. The molecule has 7 nitrogen and oxygen atoms in total. The van der Waals surface area contributed by atoms with Crippen LogP contribution >= 0.6 is 0 Å². The van der Waals surface area contributed by atoms with Crippen molar-refractivity contribution in [1.29, 1.82) is 0 Å². The molecule has 0 saturated carbocycles. The molecule has 9 heteroatoms. The predicted octanol–water partition coefficient (Wildman–Crippen LogP) is 3.14. The van der Waals surface area contributed by atoms with Gasteiger partial charge in [-0.3, -0.25) is 4.79 Å². The molecule has 0 aromatic heterocycles. The summed E-state index contributed by atoms with van der Waals surface area (Å²) in [6.07, 6.45) is -0.457. The van der Waals surface area contributed by atoms with Gasteiger partial charge in [-0.05, 0) is 72.5 Å². The van der Waals surface area contributed by atoms with E-state index in [9.17, 15) is 14.0 Å². The van der Waals surface area contributed by atoms with Gasteiger partial charge in [0.2, 0.25) is 5.91 Å². The molecule has 2 aliphatic heterocycles. The average molecular weight is 462 g/mol. The third kappa shape index (κ3) is 5.69. The second-order valence-electron chi connectivity index (χ2n) is 11.0. The number of amides is 2. The van der Waals surface area contributed by atoms with Gasteiger partial charge >= 0.3 is 13.2 Å². The SMILES string of the molecule is C[C@@H]1CN(C(=O)Cc2cc(B3OC(C)(C)C(C)(C)O3)ccc2F)CCN1C(=O)OC(C)(C)C. The molecule has 2 fully saturated rings. The first-order chi connectivity index (χ1) is 15.1. The van der Waals surface area contributed by atoms with E-state index in [0.717, 1.165) is 0 Å². The zero-order valence-electron chi connectivity index (χ0n) is 21.0. The Morgan fingerprint density at radius 1 is 1.15 bits per heavy atom. The predicted molar refractivity (Wildman–Crippen MR) is 125 cm³/mol. The number of nitrogens with zero attached hydrogens (tertiary/aromatic N) is 2. The standard InChI is InChI=1S/C24H36BFN2O5/c1-16-15-27(11-12-28(16)21(30)31-22(2,3)4)20(29)14-17-13-18(9-10-19(17)26)25-32-23(5,6)24(7,8)33-25/h9-10,13,16H,11-12,14-15H2,1-8H3/t16-/m1/s1. The van der Waals surface area contributed by atoms with Crippen LogP contribution < -0.4 is 5.46 Å². The average Bonchev–Trinajstić information content (AvgIpc) is 2.89. The molecule has 0 N–H and O–H groups in total. The Morgan fingerprint density at radius 3 is 2.30 bits per heavy atom. The lowest BCUT2D eigenvalue weighted by molar-refractivity contribution is -0.133. The molecule has 1 aromatic carbocycles. The maximum Gasteiger partial charge on any atom is 0.494 e. The topological polar surface area (TPSA) is 68.3 Å². The number of benzene rings is 1. The monoisotopic (exact) mass is 462 g/mol. The fourth-order valence-electron chi connectivity index (χ4n) is 3.91. The third-order valence-electron chi connectivity index (χ3n) is 6.55. The van der Waals surface area contributed by atoms with E-state index in [1.165, 1.54) is 6.07 Å². The minimum absolute atomic E-state index is 0.0711. The van der Waals surface area contributed by atoms with Gasteiger partial charge in [0.25, 0.3) is 0 Å². The summed E-state index contributed by atoms with van der Waals surface area (Å²) in [4.78, 5) is 28.7. The van der Waals surface area contributed by atoms with Gasteiger partial charge in [0.05, 0.1) is 17.6 Å². The normalized spacial score (nSPS) is 22.5. The lowest BCUT2D eigenvalue weighted by Crippen LogP contribution is -2.56. The Hall–Kier alpha value is -2.13. The molecular weight excluding hydrogens is 426 g/mol. The molecule has 2 saturated heterocycles. The van der Waals surface area contributed by atoms with E-state index in [1.807, 2.05) is 55.4 Å². The second-order valence-corrected chi connectivity index (χ2v) is 11.0. The second kappa shape index (κ2) is 8.91. The Kier molecular flexibility index (Phi) is 6.88. The van der Waals surface area contributed by atoms with Crippen molar-refractivity contribution in [1.82, 2.24) is 9.80 Å². The van der Waals surface area contributed by atoms with Gasteiger partial charge < -0.3 is 23.8 Å². The quantitative estimate of drug-likeness (QED) is 0.646. The van der Waals surface area contributed by atoms with Gasteiger partial charge in [-0.1, -0.05) is 12.1 Å². The van der Waals surface area contributed by atoms with Crippen molar-refractivity contribution in [2.45, 2.75) is 84.7 Å². The van der Waals surface area contributed by atoms with Crippen LogP contribution in [-0.2, 0) is 25.3 Å². The molecule has 33 heavy (non-hydrogen) atoms. The third-order valence-corrected chi connectivity index (χ3v) is 6.55. The van der Waals surface area contributed by atoms with E-state index < -0.39 is 29.7 Å². The zero-order chi connectivity index (χ0) is 24.8. The summed E-state index contributed by atoms with van der Waals surface area (Å²) in [5.41, 5.74) is -0.614. The first-order valence-electron chi connectivity index (χ1n) is 11.5. The number of rotatable bonds is 3. The number of carbonyl (C=O) groups is 2. The first-order valence-corrected chi connectivity index (χ1v) is 11.5.